The zero-order chi connectivity index (χ0) is 9.76. The summed E-state index contributed by atoms with van der Waals surface area (Å²) in [5.41, 5.74) is -0.288. The van der Waals surface area contributed by atoms with Crippen LogP contribution in [0.1, 0.15) is 44.9 Å². The van der Waals surface area contributed by atoms with Crippen LogP contribution in [0.4, 0.5) is 0 Å². The van der Waals surface area contributed by atoms with Gasteiger partial charge < -0.3 is 5.11 Å². The highest BCUT2D eigenvalue weighted by atomic mass is 16.4. The fourth-order valence-electron chi connectivity index (χ4n) is 3.88. The molecule has 2 nitrogen and oxygen atoms in total. The van der Waals surface area contributed by atoms with Gasteiger partial charge in [0.05, 0.1) is 5.41 Å². The van der Waals surface area contributed by atoms with E-state index in [1.165, 1.54) is 32.1 Å². The molecule has 0 aromatic carbocycles. The summed E-state index contributed by atoms with van der Waals surface area (Å²) in [7, 11) is 0. The quantitative estimate of drug-likeness (QED) is 0.750. The standard InChI is InChI=1S/C12H18O2/c13-11(14)12(6-8-1-2-8)7-9-3-4-10(12)5-9/h8-10H,1-7H2,(H,13,14). The average Bonchev–Trinajstić information content (AvgIpc) is 2.74. The Morgan fingerprint density at radius 2 is 2.07 bits per heavy atom. The molecule has 3 rings (SSSR count). The van der Waals surface area contributed by atoms with Crippen LogP contribution in [0.3, 0.4) is 0 Å². The van der Waals surface area contributed by atoms with Gasteiger partial charge in [-0.25, -0.2) is 0 Å². The smallest absolute Gasteiger partial charge is 0.309 e. The summed E-state index contributed by atoms with van der Waals surface area (Å²) in [6, 6.07) is 0. The summed E-state index contributed by atoms with van der Waals surface area (Å²) in [6.45, 7) is 0. The van der Waals surface area contributed by atoms with Crippen LogP contribution in [0.15, 0.2) is 0 Å². The molecule has 14 heavy (non-hydrogen) atoms. The molecular weight excluding hydrogens is 176 g/mol. The van der Waals surface area contributed by atoms with Gasteiger partial charge >= 0.3 is 5.97 Å². The van der Waals surface area contributed by atoms with E-state index in [2.05, 4.69) is 0 Å². The minimum absolute atomic E-state index is 0.288. The van der Waals surface area contributed by atoms with Crippen molar-refractivity contribution in [1.82, 2.24) is 0 Å². The number of rotatable bonds is 3. The summed E-state index contributed by atoms with van der Waals surface area (Å²) < 4.78 is 0. The van der Waals surface area contributed by atoms with Gasteiger partial charge in [0.25, 0.3) is 0 Å². The highest BCUT2D eigenvalue weighted by Gasteiger charge is 2.57. The molecule has 0 aromatic rings. The largest absolute Gasteiger partial charge is 0.481 e. The summed E-state index contributed by atoms with van der Waals surface area (Å²) in [5.74, 6) is 1.53. The van der Waals surface area contributed by atoms with Crippen molar-refractivity contribution in [1.29, 1.82) is 0 Å². The second kappa shape index (κ2) is 2.74. The summed E-state index contributed by atoms with van der Waals surface area (Å²) in [5, 5.41) is 9.46. The van der Waals surface area contributed by atoms with Gasteiger partial charge in [0.15, 0.2) is 0 Å². The molecule has 3 aliphatic rings. The Balaban J connectivity index is 1.84. The third-order valence-corrected chi connectivity index (χ3v) is 4.75. The van der Waals surface area contributed by atoms with E-state index in [9.17, 15) is 9.90 Å². The van der Waals surface area contributed by atoms with Crippen molar-refractivity contribution >= 4 is 5.97 Å². The molecular formula is C12H18O2. The SMILES string of the molecule is O=C(O)C1(CC2CC2)CC2CCC1C2. The molecule has 0 amide bonds. The van der Waals surface area contributed by atoms with E-state index in [4.69, 9.17) is 0 Å². The van der Waals surface area contributed by atoms with Gasteiger partial charge in [-0.1, -0.05) is 19.3 Å². The summed E-state index contributed by atoms with van der Waals surface area (Å²) in [4.78, 5) is 11.5. The second-order valence-electron chi connectivity index (χ2n) is 5.69. The first kappa shape index (κ1) is 8.75. The zero-order valence-corrected chi connectivity index (χ0v) is 8.54. The lowest BCUT2D eigenvalue weighted by atomic mass is 9.70. The fraction of sp³-hybridized carbons (Fsp3) is 0.917. The molecule has 0 saturated heterocycles. The van der Waals surface area contributed by atoms with Crippen LogP contribution in [-0.4, -0.2) is 11.1 Å². The number of hydrogen-bond acceptors (Lipinski definition) is 1. The number of hydrogen-bond donors (Lipinski definition) is 1. The molecule has 3 atom stereocenters. The molecule has 0 heterocycles. The zero-order valence-electron chi connectivity index (χ0n) is 8.54. The van der Waals surface area contributed by atoms with Gasteiger partial charge in [-0.3, -0.25) is 4.79 Å². The van der Waals surface area contributed by atoms with Crippen LogP contribution in [0.5, 0.6) is 0 Å². The van der Waals surface area contributed by atoms with E-state index < -0.39 is 5.97 Å². The third kappa shape index (κ3) is 1.12. The average molecular weight is 194 g/mol. The Bertz CT molecular complexity index is 269. The van der Waals surface area contributed by atoms with Crippen molar-refractivity contribution in [2.75, 3.05) is 0 Å². The minimum Gasteiger partial charge on any atom is -0.481 e. The van der Waals surface area contributed by atoms with Crippen molar-refractivity contribution < 1.29 is 9.90 Å². The number of carboxylic acids is 1. The van der Waals surface area contributed by atoms with E-state index >= 15 is 0 Å². The van der Waals surface area contributed by atoms with Crippen LogP contribution in [0.2, 0.25) is 0 Å². The Hall–Kier alpha value is -0.530. The second-order valence-corrected chi connectivity index (χ2v) is 5.69. The molecule has 3 saturated carbocycles. The van der Waals surface area contributed by atoms with Crippen LogP contribution in [0, 0.1) is 23.2 Å². The van der Waals surface area contributed by atoms with Crippen molar-refractivity contribution in [3.8, 4) is 0 Å². The maximum atomic E-state index is 11.5. The topological polar surface area (TPSA) is 37.3 Å². The minimum atomic E-state index is -0.489. The molecule has 2 bridgehead atoms. The normalized spacial score (nSPS) is 45.7. The lowest BCUT2D eigenvalue weighted by Crippen LogP contribution is -2.36. The first-order chi connectivity index (χ1) is 6.71. The highest BCUT2D eigenvalue weighted by molar-refractivity contribution is 5.76. The maximum Gasteiger partial charge on any atom is 0.309 e. The Labute approximate surface area is 84.7 Å². The van der Waals surface area contributed by atoms with Gasteiger partial charge in [-0.05, 0) is 43.4 Å². The van der Waals surface area contributed by atoms with E-state index in [1.807, 2.05) is 0 Å². The lowest BCUT2D eigenvalue weighted by Gasteiger charge is -2.33. The van der Waals surface area contributed by atoms with E-state index in [-0.39, 0.29) is 5.41 Å². The predicted molar refractivity (Wildman–Crippen MR) is 52.9 cm³/mol. The molecule has 3 unspecified atom stereocenters. The van der Waals surface area contributed by atoms with E-state index in [1.54, 1.807) is 0 Å². The van der Waals surface area contributed by atoms with E-state index in [0.717, 1.165) is 24.7 Å². The Kier molecular flexibility index (Phi) is 1.71. The van der Waals surface area contributed by atoms with Crippen molar-refractivity contribution in [2.45, 2.75) is 44.9 Å². The molecule has 0 aliphatic heterocycles. The van der Waals surface area contributed by atoms with Crippen molar-refractivity contribution in [3.63, 3.8) is 0 Å². The van der Waals surface area contributed by atoms with Crippen LogP contribution in [0.25, 0.3) is 0 Å². The lowest BCUT2D eigenvalue weighted by molar-refractivity contribution is -0.153. The van der Waals surface area contributed by atoms with Gasteiger partial charge in [-0.2, -0.15) is 0 Å². The number of carbonyl (C=O) groups is 1. The Morgan fingerprint density at radius 3 is 2.50 bits per heavy atom. The fourth-order valence-corrected chi connectivity index (χ4v) is 3.88. The summed E-state index contributed by atoms with van der Waals surface area (Å²) >= 11 is 0. The van der Waals surface area contributed by atoms with Crippen LogP contribution >= 0.6 is 0 Å². The number of aliphatic carboxylic acids is 1. The van der Waals surface area contributed by atoms with Gasteiger partial charge in [0.1, 0.15) is 0 Å². The van der Waals surface area contributed by atoms with Crippen LogP contribution < -0.4 is 0 Å². The monoisotopic (exact) mass is 194 g/mol. The third-order valence-electron chi connectivity index (χ3n) is 4.75. The van der Waals surface area contributed by atoms with E-state index in [0.29, 0.717) is 5.92 Å². The highest BCUT2D eigenvalue weighted by Crippen LogP contribution is 2.60. The van der Waals surface area contributed by atoms with Gasteiger partial charge in [0, 0.05) is 0 Å². The molecule has 2 heteroatoms. The molecule has 0 spiro atoms. The maximum absolute atomic E-state index is 11.5. The predicted octanol–water partition coefficient (Wildman–Crippen LogP) is 2.68. The molecule has 3 fully saturated rings. The number of carboxylic acid groups (broad SMARTS) is 1. The number of fused-ring (bicyclic) bond motifs is 2. The first-order valence-corrected chi connectivity index (χ1v) is 5.94. The summed E-state index contributed by atoms with van der Waals surface area (Å²) in [6.07, 6.45) is 8.24. The molecule has 1 N–H and O–H groups in total. The van der Waals surface area contributed by atoms with Gasteiger partial charge in [-0.15, -0.1) is 0 Å². The molecule has 3 aliphatic carbocycles. The van der Waals surface area contributed by atoms with Crippen molar-refractivity contribution in [3.05, 3.63) is 0 Å². The molecule has 0 aromatic heterocycles. The Morgan fingerprint density at radius 1 is 1.29 bits per heavy atom. The first-order valence-electron chi connectivity index (χ1n) is 5.94. The molecule has 78 valence electrons. The van der Waals surface area contributed by atoms with Gasteiger partial charge in [0.2, 0.25) is 0 Å². The van der Waals surface area contributed by atoms with Crippen molar-refractivity contribution in [2.24, 2.45) is 23.2 Å². The van der Waals surface area contributed by atoms with Crippen LogP contribution in [-0.2, 0) is 4.79 Å². The molecule has 0 radical (unpaired) electrons.